The van der Waals surface area contributed by atoms with Crippen molar-refractivity contribution in [3.05, 3.63) is 71.8 Å². The van der Waals surface area contributed by atoms with Crippen molar-refractivity contribution in [1.29, 1.82) is 0 Å². The molecule has 2 rings (SSSR count). The largest absolute Gasteiger partial charge is 0.324 e. The maximum absolute atomic E-state index is 6.14. The first kappa shape index (κ1) is 10.9. The average molecular weight is 211 g/mol. The predicted molar refractivity (Wildman–Crippen MR) is 68.1 cm³/mol. The van der Waals surface area contributed by atoms with Crippen LogP contribution in [0.5, 0.6) is 0 Å². The summed E-state index contributed by atoms with van der Waals surface area (Å²) in [6.45, 7) is 0. The molecule has 0 fully saturated rings. The van der Waals surface area contributed by atoms with Crippen molar-refractivity contribution in [1.82, 2.24) is 0 Å². The van der Waals surface area contributed by atoms with Crippen molar-refractivity contribution in [3.8, 4) is 0 Å². The molecule has 2 N–H and O–H groups in total. The lowest BCUT2D eigenvalue weighted by Crippen LogP contribution is -2.11. The molecule has 0 radical (unpaired) electrons. The molecule has 0 aromatic heterocycles. The molecule has 1 atom stereocenters. The van der Waals surface area contributed by atoms with Gasteiger partial charge in [0.05, 0.1) is 0 Å². The van der Waals surface area contributed by atoms with Crippen LogP contribution in [-0.2, 0) is 6.42 Å². The van der Waals surface area contributed by atoms with E-state index in [4.69, 9.17) is 5.73 Å². The van der Waals surface area contributed by atoms with Gasteiger partial charge in [-0.15, -0.1) is 0 Å². The van der Waals surface area contributed by atoms with Gasteiger partial charge in [0.25, 0.3) is 0 Å². The molecule has 1 heteroatoms. The number of nitrogens with two attached hydrogens (primary N) is 1. The van der Waals surface area contributed by atoms with Crippen LogP contribution in [0.15, 0.2) is 60.7 Å². The molecular formula is C15H17N. The molecule has 0 saturated heterocycles. The molecule has 2 aromatic rings. The van der Waals surface area contributed by atoms with Crippen LogP contribution in [0, 0.1) is 0 Å². The molecule has 0 saturated carbocycles. The van der Waals surface area contributed by atoms with Gasteiger partial charge < -0.3 is 5.73 Å². The van der Waals surface area contributed by atoms with E-state index >= 15 is 0 Å². The van der Waals surface area contributed by atoms with Crippen LogP contribution in [0.2, 0.25) is 0 Å². The maximum atomic E-state index is 6.14. The fourth-order valence-electron chi connectivity index (χ4n) is 1.83. The monoisotopic (exact) mass is 211 g/mol. The van der Waals surface area contributed by atoms with Gasteiger partial charge in [-0.2, -0.15) is 0 Å². The third-order valence-corrected chi connectivity index (χ3v) is 2.81. The summed E-state index contributed by atoms with van der Waals surface area (Å²) in [6.07, 6.45) is 2.03. The van der Waals surface area contributed by atoms with E-state index in [2.05, 4.69) is 36.4 Å². The molecule has 0 aliphatic carbocycles. The molecule has 82 valence electrons. The van der Waals surface area contributed by atoms with Crippen LogP contribution < -0.4 is 5.73 Å². The smallest absolute Gasteiger partial charge is 0.0298 e. The second-order valence-electron chi connectivity index (χ2n) is 4.04. The van der Waals surface area contributed by atoms with Crippen molar-refractivity contribution >= 4 is 0 Å². The third kappa shape index (κ3) is 2.94. The Bertz CT molecular complexity index is 408. The highest BCUT2D eigenvalue weighted by atomic mass is 14.6. The maximum Gasteiger partial charge on any atom is 0.0298 e. The lowest BCUT2D eigenvalue weighted by molar-refractivity contribution is 0.651. The van der Waals surface area contributed by atoms with Crippen molar-refractivity contribution in [2.45, 2.75) is 18.9 Å². The Morgan fingerprint density at radius 1 is 0.812 bits per heavy atom. The molecule has 0 aliphatic heterocycles. The van der Waals surface area contributed by atoms with Gasteiger partial charge >= 0.3 is 0 Å². The zero-order valence-corrected chi connectivity index (χ0v) is 9.34. The van der Waals surface area contributed by atoms with E-state index in [1.807, 2.05) is 24.3 Å². The molecule has 0 aliphatic rings. The Labute approximate surface area is 96.9 Å². The Hall–Kier alpha value is -1.60. The molecule has 16 heavy (non-hydrogen) atoms. The number of aryl methyl sites for hydroxylation is 1. The normalized spacial score (nSPS) is 12.3. The van der Waals surface area contributed by atoms with Crippen molar-refractivity contribution in [2.75, 3.05) is 0 Å². The zero-order chi connectivity index (χ0) is 11.2. The summed E-state index contributed by atoms with van der Waals surface area (Å²) in [6, 6.07) is 20.9. The molecular weight excluding hydrogens is 194 g/mol. The quantitative estimate of drug-likeness (QED) is 0.825. The third-order valence-electron chi connectivity index (χ3n) is 2.81. The highest BCUT2D eigenvalue weighted by Crippen LogP contribution is 2.16. The van der Waals surface area contributed by atoms with Crippen LogP contribution in [0.1, 0.15) is 23.6 Å². The molecule has 2 aromatic carbocycles. The summed E-state index contributed by atoms with van der Waals surface area (Å²) in [4.78, 5) is 0. The van der Waals surface area contributed by atoms with Crippen LogP contribution in [-0.4, -0.2) is 0 Å². The highest BCUT2D eigenvalue weighted by molar-refractivity contribution is 5.20. The summed E-state index contributed by atoms with van der Waals surface area (Å²) in [5, 5.41) is 0. The Kier molecular flexibility index (Phi) is 3.73. The zero-order valence-electron chi connectivity index (χ0n) is 9.34. The van der Waals surface area contributed by atoms with Crippen LogP contribution in [0.4, 0.5) is 0 Å². The van der Waals surface area contributed by atoms with E-state index in [0.717, 1.165) is 12.8 Å². The number of rotatable bonds is 4. The van der Waals surface area contributed by atoms with Crippen LogP contribution in [0.3, 0.4) is 0 Å². The average Bonchev–Trinajstić information content (AvgIpc) is 2.38. The molecule has 0 unspecified atom stereocenters. The predicted octanol–water partition coefficient (Wildman–Crippen LogP) is 3.32. The van der Waals surface area contributed by atoms with Crippen molar-refractivity contribution < 1.29 is 0 Å². The molecule has 0 amide bonds. The molecule has 0 spiro atoms. The van der Waals surface area contributed by atoms with E-state index in [0.29, 0.717) is 0 Å². The topological polar surface area (TPSA) is 26.0 Å². The van der Waals surface area contributed by atoms with Gasteiger partial charge in [-0.1, -0.05) is 60.7 Å². The van der Waals surface area contributed by atoms with Gasteiger partial charge in [0.1, 0.15) is 0 Å². The van der Waals surface area contributed by atoms with Crippen molar-refractivity contribution in [3.63, 3.8) is 0 Å². The highest BCUT2D eigenvalue weighted by Gasteiger charge is 2.04. The fourth-order valence-corrected chi connectivity index (χ4v) is 1.83. The van der Waals surface area contributed by atoms with E-state index in [-0.39, 0.29) is 6.04 Å². The number of hydrogen-bond acceptors (Lipinski definition) is 1. The second-order valence-corrected chi connectivity index (χ2v) is 4.04. The first-order valence-electron chi connectivity index (χ1n) is 5.71. The SMILES string of the molecule is N[C@@H](CCc1ccccc1)c1ccccc1. The minimum absolute atomic E-state index is 0.140. The van der Waals surface area contributed by atoms with Crippen LogP contribution in [0.25, 0.3) is 0 Å². The minimum Gasteiger partial charge on any atom is -0.324 e. The second kappa shape index (κ2) is 5.47. The Morgan fingerprint density at radius 2 is 1.38 bits per heavy atom. The first-order chi connectivity index (χ1) is 7.86. The molecule has 1 nitrogen and oxygen atoms in total. The number of benzene rings is 2. The standard InChI is InChI=1S/C15H17N/c16-15(14-9-5-2-6-10-14)12-11-13-7-3-1-4-8-13/h1-10,15H,11-12,16H2/t15-/m0/s1. The van der Waals surface area contributed by atoms with E-state index in [9.17, 15) is 0 Å². The van der Waals surface area contributed by atoms with Gasteiger partial charge in [-0.05, 0) is 24.0 Å². The van der Waals surface area contributed by atoms with Crippen molar-refractivity contribution in [2.24, 2.45) is 5.73 Å². The Balaban J connectivity index is 1.92. The lowest BCUT2D eigenvalue weighted by Gasteiger charge is -2.11. The van der Waals surface area contributed by atoms with E-state index in [1.54, 1.807) is 0 Å². The lowest BCUT2D eigenvalue weighted by atomic mass is 10.00. The summed E-state index contributed by atoms with van der Waals surface area (Å²) in [5.41, 5.74) is 8.72. The van der Waals surface area contributed by atoms with Gasteiger partial charge in [0, 0.05) is 6.04 Å². The summed E-state index contributed by atoms with van der Waals surface area (Å²) < 4.78 is 0. The van der Waals surface area contributed by atoms with Gasteiger partial charge in [0.15, 0.2) is 0 Å². The Morgan fingerprint density at radius 3 is 2.00 bits per heavy atom. The van der Waals surface area contributed by atoms with Gasteiger partial charge in [-0.3, -0.25) is 0 Å². The van der Waals surface area contributed by atoms with E-state index in [1.165, 1.54) is 11.1 Å². The minimum atomic E-state index is 0.140. The summed E-state index contributed by atoms with van der Waals surface area (Å²) >= 11 is 0. The summed E-state index contributed by atoms with van der Waals surface area (Å²) in [5.74, 6) is 0. The molecule has 0 heterocycles. The fraction of sp³-hybridized carbons (Fsp3) is 0.200. The van der Waals surface area contributed by atoms with E-state index < -0.39 is 0 Å². The first-order valence-corrected chi connectivity index (χ1v) is 5.71. The van der Waals surface area contributed by atoms with Gasteiger partial charge in [0.2, 0.25) is 0 Å². The summed E-state index contributed by atoms with van der Waals surface area (Å²) in [7, 11) is 0. The number of hydrogen-bond donors (Lipinski definition) is 1. The van der Waals surface area contributed by atoms with Gasteiger partial charge in [-0.25, -0.2) is 0 Å². The molecule has 0 bridgehead atoms. The van der Waals surface area contributed by atoms with Crippen LogP contribution >= 0.6 is 0 Å².